The smallest absolute Gasteiger partial charge is 0.178 e. The lowest BCUT2D eigenvalue weighted by Gasteiger charge is -2.15. The van der Waals surface area contributed by atoms with Crippen LogP contribution in [0.25, 0.3) is 0 Å². The standard InChI is InChI=1S/C12H19N3OS/c1-5-8(4)15-12-11(16-7(2)3)10(14)9(6-13)17-12/h7-8,15H,5,14H2,1-4H3. The Labute approximate surface area is 106 Å². The van der Waals surface area contributed by atoms with Crippen molar-refractivity contribution < 1.29 is 4.74 Å². The van der Waals surface area contributed by atoms with Crippen molar-refractivity contribution in [1.29, 1.82) is 5.26 Å². The maximum absolute atomic E-state index is 8.98. The van der Waals surface area contributed by atoms with E-state index in [2.05, 4.69) is 25.2 Å². The third-order valence-electron chi connectivity index (χ3n) is 2.34. The topological polar surface area (TPSA) is 71.1 Å². The van der Waals surface area contributed by atoms with Crippen LogP contribution in [0.4, 0.5) is 10.7 Å². The third kappa shape index (κ3) is 3.27. The third-order valence-corrected chi connectivity index (χ3v) is 3.37. The molecule has 0 aliphatic heterocycles. The van der Waals surface area contributed by atoms with Gasteiger partial charge in [0, 0.05) is 6.04 Å². The number of nitrogens with zero attached hydrogens (tertiary/aromatic N) is 1. The van der Waals surface area contributed by atoms with Gasteiger partial charge in [0.05, 0.1) is 6.10 Å². The maximum Gasteiger partial charge on any atom is 0.178 e. The Bertz CT molecular complexity index is 420. The first kappa shape index (κ1) is 13.7. The van der Waals surface area contributed by atoms with Crippen LogP contribution in [0.15, 0.2) is 0 Å². The second-order valence-electron chi connectivity index (χ2n) is 4.24. The fourth-order valence-corrected chi connectivity index (χ4v) is 2.25. The largest absolute Gasteiger partial charge is 0.486 e. The van der Waals surface area contributed by atoms with Crippen LogP contribution in [0.1, 0.15) is 39.0 Å². The summed E-state index contributed by atoms with van der Waals surface area (Å²) in [7, 11) is 0. The van der Waals surface area contributed by atoms with Crippen LogP contribution in [0, 0.1) is 11.3 Å². The van der Waals surface area contributed by atoms with Gasteiger partial charge in [-0.05, 0) is 27.2 Å². The van der Waals surface area contributed by atoms with Gasteiger partial charge in [-0.2, -0.15) is 5.26 Å². The van der Waals surface area contributed by atoms with E-state index in [-0.39, 0.29) is 6.10 Å². The maximum atomic E-state index is 8.98. The van der Waals surface area contributed by atoms with Gasteiger partial charge in [-0.3, -0.25) is 0 Å². The summed E-state index contributed by atoms with van der Waals surface area (Å²) in [6.45, 7) is 8.07. The van der Waals surface area contributed by atoms with Gasteiger partial charge >= 0.3 is 0 Å². The summed E-state index contributed by atoms with van der Waals surface area (Å²) >= 11 is 1.35. The van der Waals surface area contributed by atoms with Crippen molar-refractivity contribution in [2.45, 2.75) is 46.3 Å². The number of rotatable bonds is 5. The second-order valence-corrected chi connectivity index (χ2v) is 5.26. The van der Waals surface area contributed by atoms with Gasteiger partial charge < -0.3 is 15.8 Å². The molecule has 1 rings (SSSR count). The normalized spacial score (nSPS) is 12.2. The van der Waals surface area contributed by atoms with E-state index < -0.39 is 0 Å². The first-order valence-corrected chi connectivity index (χ1v) is 6.56. The van der Waals surface area contributed by atoms with Crippen molar-refractivity contribution in [1.82, 2.24) is 0 Å². The van der Waals surface area contributed by atoms with Gasteiger partial charge in [0.25, 0.3) is 0 Å². The van der Waals surface area contributed by atoms with E-state index in [4.69, 9.17) is 15.7 Å². The van der Waals surface area contributed by atoms with Crippen LogP contribution in [0.5, 0.6) is 5.75 Å². The fourth-order valence-electron chi connectivity index (χ4n) is 1.29. The SMILES string of the molecule is CCC(C)Nc1sc(C#N)c(N)c1OC(C)C. The van der Waals surface area contributed by atoms with Crippen molar-refractivity contribution in [3.63, 3.8) is 0 Å². The quantitative estimate of drug-likeness (QED) is 0.845. The molecule has 5 heteroatoms. The van der Waals surface area contributed by atoms with Gasteiger partial charge in [0.1, 0.15) is 21.6 Å². The number of nitrogens with two attached hydrogens (primary N) is 1. The molecule has 3 N–H and O–H groups in total. The molecular formula is C12H19N3OS. The van der Waals surface area contributed by atoms with Crippen LogP contribution in [-0.4, -0.2) is 12.1 Å². The molecule has 94 valence electrons. The van der Waals surface area contributed by atoms with E-state index in [9.17, 15) is 0 Å². The minimum Gasteiger partial charge on any atom is -0.486 e. The molecule has 0 aliphatic carbocycles. The molecule has 4 nitrogen and oxygen atoms in total. The average molecular weight is 253 g/mol. The zero-order valence-electron chi connectivity index (χ0n) is 10.7. The molecule has 0 aliphatic rings. The van der Waals surface area contributed by atoms with E-state index in [1.165, 1.54) is 11.3 Å². The first-order valence-electron chi connectivity index (χ1n) is 5.75. The second kappa shape index (κ2) is 5.78. The molecule has 0 saturated heterocycles. The van der Waals surface area contributed by atoms with E-state index in [1.54, 1.807) is 0 Å². The Kier molecular flexibility index (Phi) is 4.64. The number of hydrogen-bond donors (Lipinski definition) is 2. The number of anilines is 2. The molecule has 1 unspecified atom stereocenters. The Hall–Kier alpha value is -1.41. The summed E-state index contributed by atoms with van der Waals surface area (Å²) in [6.07, 6.45) is 1.04. The summed E-state index contributed by atoms with van der Waals surface area (Å²) < 4.78 is 5.68. The lowest BCUT2D eigenvalue weighted by Crippen LogP contribution is -2.14. The van der Waals surface area contributed by atoms with Gasteiger partial charge in [-0.25, -0.2) is 0 Å². The summed E-state index contributed by atoms with van der Waals surface area (Å²) in [6, 6.07) is 2.42. The minimum atomic E-state index is 0.0379. The predicted octanol–water partition coefficient (Wildman–Crippen LogP) is 3.20. The van der Waals surface area contributed by atoms with E-state index in [0.717, 1.165) is 11.4 Å². The molecule has 0 amide bonds. The molecule has 0 bridgehead atoms. The lowest BCUT2D eigenvalue weighted by atomic mass is 10.2. The van der Waals surface area contributed by atoms with Gasteiger partial charge in [0.2, 0.25) is 0 Å². The highest BCUT2D eigenvalue weighted by Gasteiger charge is 2.19. The van der Waals surface area contributed by atoms with Crippen molar-refractivity contribution in [2.24, 2.45) is 0 Å². The lowest BCUT2D eigenvalue weighted by molar-refractivity contribution is 0.246. The van der Waals surface area contributed by atoms with Crippen molar-refractivity contribution in [3.8, 4) is 11.8 Å². The predicted molar refractivity (Wildman–Crippen MR) is 72.6 cm³/mol. The number of nitrogens with one attached hydrogen (secondary N) is 1. The molecule has 1 aromatic rings. The molecule has 0 saturated carbocycles. The van der Waals surface area contributed by atoms with Crippen LogP contribution >= 0.6 is 11.3 Å². The molecule has 0 aromatic carbocycles. The molecule has 0 radical (unpaired) electrons. The van der Waals surface area contributed by atoms with Crippen molar-refractivity contribution >= 4 is 22.0 Å². The highest BCUT2D eigenvalue weighted by molar-refractivity contribution is 7.17. The summed E-state index contributed by atoms with van der Waals surface area (Å²) in [5.41, 5.74) is 6.34. The molecule has 17 heavy (non-hydrogen) atoms. The van der Waals surface area contributed by atoms with Crippen LogP contribution < -0.4 is 15.8 Å². The summed E-state index contributed by atoms with van der Waals surface area (Å²) in [5, 5.41) is 13.2. The summed E-state index contributed by atoms with van der Waals surface area (Å²) in [4.78, 5) is 0.506. The van der Waals surface area contributed by atoms with E-state index >= 15 is 0 Å². The van der Waals surface area contributed by atoms with Crippen LogP contribution in [-0.2, 0) is 0 Å². The van der Waals surface area contributed by atoms with Crippen molar-refractivity contribution in [3.05, 3.63) is 4.88 Å². The van der Waals surface area contributed by atoms with Crippen LogP contribution in [0.3, 0.4) is 0 Å². The van der Waals surface area contributed by atoms with Gasteiger partial charge in [-0.15, -0.1) is 11.3 Å². The van der Waals surface area contributed by atoms with E-state index in [0.29, 0.717) is 22.4 Å². The molecule has 1 atom stereocenters. The van der Waals surface area contributed by atoms with Crippen molar-refractivity contribution in [2.75, 3.05) is 11.1 Å². The number of nitriles is 1. The van der Waals surface area contributed by atoms with Crippen LogP contribution in [0.2, 0.25) is 0 Å². The monoisotopic (exact) mass is 253 g/mol. The average Bonchev–Trinajstić information content (AvgIpc) is 2.56. The fraction of sp³-hybridized carbons (Fsp3) is 0.583. The molecular weight excluding hydrogens is 234 g/mol. The number of nitrogen functional groups attached to an aromatic ring is 1. The molecule has 1 heterocycles. The number of hydrogen-bond acceptors (Lipinski definition) is 5. The molecule has 0 fully saturated rings. The number of ether oxygens (including phenoxy) is 1. The first-order chi connectivity index (χ1) is 7.99. The highest BCUT2D eigenvalue weighted by atomic mass is 32.1. The number of thiophene rings is 1. The van der Waals surface area contributed by atoms with Gasteiger partial charge in [0.15, 0.2) is 5.75 Å². The summed E-state index contributed by atoms with van der Waals surface area (Å²) in [5.74, 6) is 0.613. The van der Waals surface area contributed by atoms with E-state index in [1.807, 2.05) is 13.8 Å². The zero-order valence-corrected chi connectivity index (χ0v) is 11.5. The van der Waals surface area contributed by atoms with Gasteiger partial charge in [-0.1, -0.05) is 6.92 Å². The molecule has 1 aromatic heterocycles. The zero-order chi connectivity index (χ0) is 13.0. The Morgan fingerprint density at radius 1 is 1.47 bits per heavy atom. The Morgan fingerprint density at radius 2 is 2.12 bits per heavy atom. The molecule has 0 spiro atoms. The Morgan fingerprint density at radius 3 is 2.59 bits per heavy atom. The highest BCUT2D eigenvalue weighted by Crippen LogP contribution is 2.43. The Balaban J connectivity index is 3.06. The minimum absolute atomic E-state index is 0.0379.